The number of aromatic nitrogens is 2. The van der Waals surface area contributed by atoms with Crippen LogP contribution in [0.3, 0.4) is 0 Å². The van der Waals surface area contributed by atoms with Gasteiger partial charge >= 0.3 is 5.97 Å². The number of ether oxygens (including phenoxy) is 1. The molecule has 1 aromatic heterocycles. The molecule has 2 rings (SSSR count). The number of anilines is 1. The standard InChI is InChI=1S/C12H18N4O2/c1-16-5-3-9(4-6-16)15-11-10(12(17)18-2)7-13-8-14-11/h7-9H,3-6H2,1-2H3,(H,13,14,15). The number of nitrogens with zero attached hydrogens (tertiary/aromatic N) is 3. The highest BCUT2D eigenvalue weighted by molar-refractivity contribution is 5.94. The minimum Gasteiger partial charge on any atom is -0.465 e. The van der Waals surface area contributed by atoms with Crippen molar-refractivity contribution in [2.24, 2.45) is 0 Å². The second-order valence-electron chi connectivity index (χ2n) is 4.50. The fourth-order valence-electron chi connectivity index (χ4n) is 2.05. The Hall–Kier alpha value is -1.69. The molecular weight excluding hydrogens is 232 g/mol. The van der Waals surface area contributed by atoms with Crippen molar-refractivity contribution in [3.05, 3.63) is 18.1 Å². The van der Waals surface area contributed by atoms with E-state index in [1.807, 2.05) is 0 Å². The Labute approximate surface area is 106 Å². The summed E-state index contributed by atoms with van der Waals surface area (Å²) in [5.41, 5.74) is 0.388. The molecule has 6 heteroatoms. The number of piperidine rings is 1. The van der Waals surface area contributed by atoms with E-state index >= 15 is 0 Å². The summed E-state index contributed by atoms with van der Waals surface area (Å²) in [7, 11) is 3.47. The molecule has 0 bridgehead atoms. The molecule has 18 heavy (non-hydrogen) atoms. The number of hydrogen-bond acceptors (Lipinski definition) is 6. The van der Waals surface area contributed by atoms with Crippen LogP contribution in [0.2, 0.25) is 0 Å². The third kappa shape index (κ3) is 2.95. The summed E-state index contributed by atoms with van der Waals surface area (Å²) in [6, 6.07) is 0.347. The molecule has 0 amide bonds. The first-order chi connectivity index (χ1) is 8.70. The van der Waals surface area contributed by atoms with Crippen LogP contribution in [0, 0.1) is 0 Å². The molecule has 1 aliphatic rings. The summed E-state index contributed by atoms with van der Waals surface area (Å²) in [6.07, 6.45) is 5.00. The average Bonchev–Trinajstić information content (AvgIpc) is 2.41. The molecule has 1 aromatic rings. The number of rotatable bonds is 3. The Morgan fingerprint density at radius 2 is 2.22 bits per heavy atom. The summed E-state index contributed by atoms with van der Waals surface area (Å²) in [4.78, 5) is 21.9. The van der Waals surface area contributed by atoms with Crippen LogP contribution in [-0.4, -0.2) is 54.1 Å². The van der Waals surface area contributed by atoms with Gasteiger partial charge in [0.15, 0.2) is 0 Å². The van der Waals surface area contributed by atoms with Crippen LogP contribution in [0.1, 0.15) is 23.2 Å². The van der Waals surface area contributed by atoms with E-state index in [0.29, 0.717) is 17.4 Å². The molecule has 98 valence electrons. The van der Waals surface area contributed by atoms with Crippen LogP contribution < -0.4 is 5.32 Å². The van der Waals surface area contributed by atoms with Crippen LogP contribution in [0.5, 0.6) is 0 Å². The second kappa shape index (κ2) is 5.77. The number of hydrogen-bond donors (Lipinski definition) is 1. The fraction of sp³-hybridized carbons (Fsp3) is 0.583. The van der Waals surface area contributed by atoms with Gasteiger partial charge in [-0.25, -0.2) is 14.8 Å². The topological polar surface area (TPSA) is 67.3 Å². The Morgan fingerprint density at radius 1 is 1.50 bits per heavy atom. The number of methoxy groups -OCH3 is 1. The summed E-state index contributed by atoms with van der Waals surface area (Å²) in [6.45, 7) is 2.10. The summed E-state index contributed by atoms with van der Waals surface area (Å²) in [5, 5.41) is 3.31. The molecule has 0 unspecified atom stereocenters. The maximum absolute atomic E-state index is 11.6. The Morgan fingerprint density at radius 3 is 2.89 bits per heavy atom. The highest BCUT2D eigenvalue weighted by atomic mass is 16.5. The van der Waals surface area contributed by atoms with Gasteiger partial charge in [0.1, 0.15) is 17.7 Å². The van der Waals surface area contributed by atoms with Crippen LogP contribution in [0.25, 0.3) is 0 Å². The molecule has 0 radical (unpaired) electrons. The van der Waals surface area contributed by atoms with Crippen molar-refractivity contribution in [2.75, 3.05) is 32.6 Å². The lowest BCUT2D eigenvalue weighted by Gasteiger charge is -2.30. The third-order valence-electron chi connectivity index (χ3n) is 3.18. The van der Waals surface area contributed by atoms with E-state index in [0.717, 1.165) is 25.9 Å². The SMILES string of the molecule is COC(=O)c1cncnc1NC1CCN(C)CC1. The van der Waals surface area contributed by atoms with Crippen molar-refractivity contribution in [1.82, 2.24) is 14.9 Å². The Kier molecular flexibility index (Phi) is 4.09. The highest BCUT2D eigenvalue weighted by Crippen LogP contribution is 2.17. The molecule has 0 saturated carbocycles. The molecule has 2 heterocycles. The van der Waals surface area contributed by atoms with E-state index in [2.05, 4.69) is 27.2 Å². The van der Waals surface area contributed by atoms with E-state index in [1.54, 1.807) is 0 Å². The van der Waals surface area contributed by atoms with E-state index in [-0.39, 0.29) is 0 Å². The van der Waals surface area contributed by atoms with E-state index < -0.39 is 5.97 Å². The first-order valence-corrected chi connectivity index (χ1v) is 6.04. The Balaban J connectivity index is 2.07. The quantitative estimate of drug-likeness (QED) is 0.799. The number of carbonyl (C=O) groups is 1. The number of carbonyl (C=O) groups excluding carboxylic acids is 1. The molecule has 1 saturated heterocycles. The van der Waals surface area contributed by atoms with E-state index in [1.165, 1.54) is 19.6 Å². The lowest BCUT2D eigenvalue weighted by atomic mass is 10.1. The monoisotopic (exact) mass is 250 g/mol. The largest absolute Gasteiger partial charge is 0.465 e. The predicted octanol–water partition coefficient (Wildman–Crippen LogP) is 0.769. The fourth-order valence-corrected chi connectivity index (χ4v) is 2.05. The molecular formula is C12H18N4O2. The van der Waals surface area contributed by atoms with Crippen molar-refractivity contribution >= 4 is 11.8 Å². The molecule has 1 N–H and O–H groups in total. The minimum absolute atomic E-state index is 0.347. The minimum atomic E-state index is -0.411. The van der Waals surface area contributed by atoms with Crippen LogP contribution in [0.15, 0.2) is 12.5 Å². The zero-order chi connectivity index (χ0) is 13.0. The first kappa shape index (κ1) is 12.8. The van der Waals surface area contributed by atoms with Gasteiger partial charge in [0, 0.05) is 12.2 Å². The zero-order valence-corrected chi connectivity index (χ0v) is 10.7. The van der Waals surface area contributed by atoms with Crippen LogP contribution >= 0.6 is 0 Å². The maximum atomic E-state index is 11.6. The van der Waals surface area contributed by atoms with Crippen LogP contribution in [-0.2, 0) is 4.74 Å². The van der Waals surface area contributed by atoms with Gasteiger partial charge in [0.25, 0.3) is 0 Å². The van der Waals surface area contributed by atoms with E-state index in [9.17, 15) is 4.79 Å². The first-order valence-electron chi connectivity index (χ1n) is 6.04. The predicted molar refractivity (Wildman–Crippen MR) is 67.5 cm³/mol. The summed E-state index contributed by atoms with van der Waals surface area (Å²) < 4.78 is 4.72. The second-order valence-corrected chi connectivity index (χ2v) is 4.50. The Bertz CT molecular complexity index is 416. The maximum Gasteiger partial charge on any atom is 0.343 e. The highest BCUT2D eigenvalue weighted by Gasteiger charge is 2.20. The molecule has 1 fully saturated rings. The lowest BCUT2D eigenvalue weighted by molar-refractivity contribution is 0.0601. The van der Waals surface area contributed by atoms with Gasteiger partial charge in [0.2, 0.25) is 0 Å². The average molecular weight is 250 g/mol. The van der Waals surface area contributed by atoms with E-state index in [4.69, 9.17) is 4.74 Å². The smallest absolute Gasteiger partial charge is 0.343 e. The van der Waals surface area contributed by atoms with Crippen molar-refractivity contribution in [1.29, 1.82) is 0 Å². The lowest BCUT2D eigenvalue weighted by Crippen LogP contribution is -2.37. The normalized spacial score (nSPS) is 17.4. The molecule has 0 aromatic carbocycles. The number of likely N-dealkylation sites (tertiary alicyclic amines) is 1. The third-order valence-corrected chi connectivity index (χ3v) is 3.18. The summed E-state index contributed by atoms with van der Waals surface area (Å²) in [5.74, 6) is 0.150. The molecule has 0 aliphatic carbocycles. The summed E-state index contributed by atoms with van der Waals surface area (Å²) >= 11 is 0. The molecule has 1 aliphatic heterocycles. The van der Waals surface area contributed by atoms with Gasteiger partial charge in [0.05, 0.1) is 7.11 Å². The van der Waals surface area contributed by atoms with Crippen molar-refractivity contribution < 1.29 is 9.53 Å². The molecule has 0 atom stereocenters. The number of nitrogens with one attached hydrogen (secondary N) is 1. The van der Waals surface area contributed by atoms with Gasteiger partial charge in [-0.15, -0.1) is 0 Å². The molecule has 0 spiro atoms. The zero-order valence-electron chi connectivity index (χ0n) is 10.7. The number of esters is 1. The van der Waals surface area contributed by atoms with Gasteiger partial charge in [-0.1, -0.05) is 0 Å². The van der Waals surface area contributed by atoms with Gasteiger partial charge in [-0.05, 0) is 33.0 Å². The van der Waals surface area contributed by atoms with Crippen molar-refractivity contribution in [2.45, 2.75) is 18.9 Å². The van der Waals surface area contributed by atoms with Crippen molar-refractivity contribution in [3.63, 3.8) is 0 Å². The van der Waals surface area contributed by atoms with Gasteiger partial charge in [-0.3, -0.25) is 0 Å². The van der Waals surface area contributed by atoms with Gasteiger partial charge < -0.3 is 15.0 Å². The van der Waals surface area contributed by atoms with Crippen LogP contribution in [0.4, 0.5) is 5.82 Å². The molecule has 6 nitrogen and oxygen atoms in total. The van der Waals surface area contributed by atoms with Gasteiger partial charge in [-0.2, -0.15) is 0 Å². The van der Waals surface area contributed by atoms with Crippen molar-refractivity contribution in [3.8, 4) is 0 Å².